The number of ketones is 1. The Morgan fingerprint density at radius 1 is 1.38 bits per heavy atom. The topological polar surface area (TPSA) is 47.8 Å². The number of nitrogens with zero attached hydrogens (tertiary/aromatic N) is 3. The number of hydrogen-bond acceptors (Lipinski definition) is 4. The number of rotatable bonds is 5. The SMILES string of the molecule is CCn1c(C)nnc1SC(C)C(=O)c1ccc(F)cc1F. The summed E-state index contributed by atoms with van der Waals surface area (Å²) in [7, 11) is 0. The third-order valence-corrected chi connectivity index (χ3v) is 4.15. The first-order chi connectivity index (χ1) is 9.93. The van der Waals surface area contributed by atoms with Crippen molar-refractivity contribution in [1.29, 1.82) is 0 Å². The molecule has 1 heterocycles. The number of aryl methyl sites for hydroxylation is 1. The molecule has 0 aliphatic rings. The van der Waals surface area contributed by atoms with Crippen LogP contribution in [-0.2, 0) is 6.54 Å². The smallest absolute Gasteiger partial charge is 0.191 e. The molecule has 0 saturated heterocycles. The molecule has 0 N–H and O–H groups in total. The van der Waals surface area contributed by atoms with Gasteiger partial charge in [0.05, 0.1) is 10.8 Å². The van der Waals surface area contributed by atoms with Crippen LogP contribution in [0.25, 0.3) is 0 Å². The summed E-state index contributed by atoms with van der Waals surface area (Å²) in [5, 5.41) is 8.03. The molecule has 112 valence electrons. The first-order valence-corrected chi connectivity index (χ1v) is 7.37. The Balaban J connectivity index is 2.19. The first-order valence-electron chi connectivity index (χ1n) is 6.49. The minimum atomic E-state index is -0.847. The van der Waals surface area contributed by atoms with Crippen LogP contribution in [0.3, 0.4) is 0 Å². The zero-order chi connectivity index (χ0) is 15.6. The summed E-state index contributed by atoms with van der Waals surface area (Å²) >= 11 is 1.21. The average Bonchev–Trinajstić information content (AvgIpc) is 2.78. The van der Waals surface area contributed by atoms with Crippen molar-refractivity contribution >= 4 is 17.5 Å². The van der Waals surface area contributed by atoms with Crippen molar-refractivity contribution in [3.8, 4) is 0 Å². The normalized spacial score (nSPS) is 12.4. The van der Waals surface area contributed by atoms with E-state index in [1.54, 1.807) is 6.92 Å². The van der Waals surface area contributed by atoms with Gasteiger partial charge in [-0.15, -0.1) is 10.2 Å². The number of halogens is 2. The molecule has 0 amide bonds. The van der Waals surface area contributed by atoms with Crippen molar-refractivity contribution in [3.05, 3.63) is 41.2 Å². The van der Waals surface area contributed by atoms with E-state index in [0.29, 0.717) is 17.8 Å². The van der Waals surface area contributed by atoms with Crippen LogP contribution < -0.4 is 0 Å². The predicted octanol–water partition coefficient (Wildman–Crippen LogP) is 3.25. The summed E-state index contributed by atoms with van der Waals surface area (Å²) in [5.41, 5.74) is -0.115. The summed E-state index contributed by atoms with van der Waals surface area (Å²) < 4.78 is 28.4. The molecule has 2 aromatic rings. The maximum absolute atomic E-state index is 13.6. The summed E-state index contributed by atoms with van der Waals surface area (Å²) in [5.74, 6) is -1.19. The van der Waals surface area contributed by atoms with Crippen LogP contribution in [0.2, 0.25) is 0 Å². The Morgan fingerprint density at radius 2 is 2.10 bits per heavy atom. The van der Waals surface area contributed by atoms with Gasteiger partial charge in [-0.2, -0.15) is 0 Å². The highest BCUT2D eigenvalue weighted by Crippen LogP contribution is 2.25. The largest absolute Gasteiger partial charge is 0.307 e. The third kappa shape index (κ3) is 3.29. The maximum Gasteiger partial charge on any atom is 0.191 e. The molecule has 0 aliphatic carbocycles. The molecule has 1 unspecified atom stereocenters. The fourth-order valence-electron chi connectivity index (χ4n) is 1.93. The summed E-state index contributed by atoms with van der Waals surface area (Å²) in [4.78, 5) is 12.2. The Bertz CT molecular complexity index is 672. The lowest BCUT2D eigenvalue weighted by Gasteiger charge is -2.11. The Kier molecular flexibility index (Phi) is 4.72. The molecule has 1 atom stereocenters. The number of carbonyl (C=O) groups is 1. The van der Waals surface area contributed by atoms with Gasteiger partial charge in [-0.1, -0.05) is 11.8 Å². The lowest BCUT2D eigenvalue weighted by atomic mass is 10.1. The van der Waals surface area contributed by atoms with Crippen LogP contribution in [0.5, 0.6) is 0 Å². The maximum atomic E-state index is 13.6. The highest BCUT2D eigenvalue weighted by atomic mass is 32.2. The molecule has 21 heavy (non-hydrogen) atoms. The van der Waals surface area contributed by atoms with E-state index in [-0.39, 0.29) is 5.56 Å². The highest BCUT2D eigenvalue weighted by Gasteiger charge is 2.22. The highest BCUT2D eigenvalue weighted by molar-refractivity contribution is 8.00. The molecular formula is C14H15F2N3OS. The standard InChI is InChI=1S/C14H15F2N3OS/c1-4-19-9(3)17-18-14(19)21-8(2)13(20)11-6-5-10(15)7-12(11)16/h5-8H,4H2,1-3H3. The summed E-state index contributed by atoms with van der Waals surface area (Å²) in [6.45, 7) is 6.13. The van der Waals surface area contributed by atoms with E-state index in [0.717, 1.165) is 11.9 Å². The molecule has 7 heteroatoms. The first kappa shape index (κ1) is 15.6. The van der Waals surface area contributed by atoms with E-state index >= 15 is 0 Å². The van der Waals surface area contributed by atoms with Crippen LogP contribution in [0.15, 0.2) is 23.4 Å². The van der Waals surface area contributed by atoms with Crippen LogP contribution in [-0.4, -0.2) is 25.8 Å². The summed E-state index contributed by atoms with van der Waals surface area (Å²) in [6, 6.07) is 2.95. The van der Waals surface area contributed by atoms with E-state index in [1.165, 1.54) is 17.8 Å². The molecule has 4 nitrogen and oxygen atoms in total. The van der Waals surface area contributed by atoms with Gasteiger partial charge < -0.3 is 4.57 Å². The van der Waals surface area contributed by atoms with Gasteiger partial charge in [0.25, 0.3) is 0 Å². The number of carbonyl (C=O) groups excluding carboxylic acids is 1. The van der Waals surface area contributed by atoms with Gasteiger partial charge in [0.1, 0.15) is 17.5 Å². The predicted molar refractivity (Wildman–Crippen MR) is 76.4 cm³/mol. The zero-order valence-corrected chi connectivity index (χ0v) is 12.7. The number of aromatic nitrogens is 3. The second-order valence-electron chi connectivity index (χ2n) is 4.52. The van der Waals surface area contributed by atoms with Gasteiger partial charge in [0, 0.05) is 12.6 Å². The van der Waals surface area contributed by atoms with Crippen LogP contribution in [0.1, 0.15) is 30.0 Å². The van der Waals surface area contributed by atoms with E-state index in [1.807, 2.05) is 18.4 Å². The molecule has 0 spiro atoms. The molecule has 0 radical (unpaired) electrons. The number of Topliss-reactive ketones (excluding diaryl/α,β-unsaturated/α-hetero) is 1. The monoisotopic (exact) mass is 311 g/mol. The van der Waals surface area contributed by atoms with E-state index in [9.17, 15) is 13.6 Å². The Hall–Kier alpha value is -1.76. The number of hydrogen-bond donors (Lipinski definition) is 0. The lowest BCUT2D eigenvalue weighted by molar-refractivity contribution is 0.0990. The zero-order valence-electron chi connectivity index (χ0n) is 11.9. The molecule has 0 aliphatic heterocycles. The van der Waals surface area contributed by atoms with E-state index in [2.05, 4.69) is 10.2 Å². The van der Waals surface area contributed by atoms with Gasteiger partial charge in [-0.3, -0.25) is 4.79 Å². The molecule has 2 rings (SSSR count). The molecule has 1 aromatic carbocycles. The van der Waals surface area contributed by atoms with Crippen LogP contribution >= 0.6 is 11.8 Å². The molecule has 1 aromatic heterocycles. The van der Waals surface area contributed by atoms with Gasteiger partial charge in [-0.25, -0.2) is 8.78 Å². The van der Waals surface area contributed by atoms with E-state index in [4.69, 9.17) is 0 Å². The van der Waals surface area contributed by atoms with E-state index < -0.39 is 22.7 Å². The van der Waals surface area contributed by atoms with Crippen LogP contribution in [0, 0.1) is 18.6 Å². The second-order valence-corrected chi connectivity index (χ2v) is 5.83. The van der Waals surface area contributed by atoms with Crippen molar-refractivity contribution in [3.63, 3.8) is 0 Å². The van der Waals surface area contributed by atoms with Crippen molar-refractivity contribution in [2.45, 2.75) is 37.7 Å². The summed E-state index contributed by atoms with van der Waals surface area (Å²) in [6.07, 6.45) is 0. The molecular weight excluding hydrogens is 296 g/mol. The molecule has 0 fully saturated rings. The molecule has 0 bridgehead atoms. The Morgan fingerprint density at radius 3 is 2.71 bits per heavy atom. The van der Waals surface area contributed by atoms with Gasteiger partial charge in [0.15, 0.2) is 10.9 Å². The minimum Gasteiger partial charge on any atom is -0.307 e. The minimum absolute atomic E-state index is 0.115. The fourth-order valence-corrected chi connectivity index (χ4v) is 2.96. The second kappa shape index (κ2) is 6.34. The Labute approximate surface area is 125 Å². The van der Waals surface area contributed by atoms with Crippen molar-refractivity contribution in [1.82, 2.24) is 14.8 Å². The van der Waals surface area contributed by atoms with Gasteiger partial charge in [0.2, 0.25) is 0 Å². The number of benzene rings is 1. The third-order valence-electron chi connectivity index (χ3n) is 3.07. The van der Waals surface area contributed by atoms with Crippen LogP contribution in [0.4, 0.5) is 8.78 Å². The van der Waals surface area contributed by atoms with Crippen molar-refractivity contribution in [2.24, 2.45) is 0 Å². The number of thioether (sulfide) groups is 1. The quantitative estimate of drug-likeness (QED) is 0.628. The fraction of sp³-hybridized carbons (Fsp3) is 0.357. The van der Waals surface area contributed by atoms with Crippen molar-refractivity contribution < 1.29 is 13.6 Å². The van der Waals surface area contributed by atoms with Crippen molar-refractivity contribution in [2.75, 3.05) is 0 Å². The molecule has 0 saturated carbocycles. The average molecular weight is 311 g/mol. The lowest BCUT2D eigenvalue weighted by Crippen LogP contribution is -2.16. The van der Waals surface area contributed by atoms with Gasteiger partial charge in [-0.05, 0) is 32.9 Å². The van der Waals surface area contributed by atoms with Gasteiger partial charge >= 0.3 is 0 Å².